The minimum atomic E-state index is -4.29. The Hall–Kier alpha value is -1.39. The minimum Gasteiger partial charge on any atom is -0.376 e. The van der Waals surface area contributed by atoms with Gasteiger partial charge in [-0.1, -0.05) is 0 Å². The van der Waals surface area contributed by atoms with E-state index in [1.54, 1.807) is 28.2 Å². The number of carbonyl (C=O) groups excluding carboxylic acids is 1. The van der Waals surface area contributed by atoms with Gasteiger partial charge < -0.3 is 10.1 Å². The molecular formula is C32H47ClF3N5O5S2. The lowest BCUT2D eigenvalue weighted by atomic mass is 9.70. The standard InChI is InChI=1S/C32H47ClF3N5O5S2/c1-17-12-23(29-28(37-17)25(15-47-29)30(42)39-48(3,44)45)22-13-19(33)4-9-27(22)46-11-10-40-18(2)38-26-8-7-21(14-24(26)31(40)43)41(20-5-6-20)16-32(34,35)36/h17,19-23,25,27-29,37H,4-16H2,1-3H3,(H,39,42)/t17?,19?,21-,22?,23?,25?,27?,28?,29?/m1/s1. The number of hydrogen-bond acceptors (Lipinski definition) is 9. The van der Waals surface area contributed by atoms with Crippen molar-refractivity contribution in [3.63, 3.8) is 0 Å². The highest BCUT2D eigenvalue weighted by molar-refractivity contribution is 8.00. The summed E-state index contributed by atoms with van der Waals surface area (Å²) in [5.74, 6) is 0.494. The van der Waals surface area contributed by atoms with Gasteiger partial charge in [0, 0.05) is 46.1 Å². The molecule has 0 spiro atoms. The normalized spacial score (nSPS) is 34.1. The van der Waals surface area contributed by atoms with E-state index < -0.39 is 34.6 Å². The number of thioether (sulfide) groups is 1. The van der Waals surface area contributed by atoms with Gasteiger partial charge in [0.05, 0.1) is 43.7 Å². The molecule has 5 aliphatic rings. The third kappa shape index (κ3) is 8.38. The third-order valence-electron chi connectivity index (χ3n) is 10.9. The highest BCUT2D eigenvalue weighted by Gasteiger charge is 2.52. The number of nitrogens with zero attached hydrogens (tertiary/aromatic N) is 3. The van der Waals surface area contributed by atoms with Crippen molar-refractivity contribution in [3.8, 4) is 0 Å². The van der Waals surface area contributed by atoms with Crippen LogP contribution in [0, 0.1) is 24.7 Å². The van der Waals surface area contributed by atoms with Crippen molar-refractivity contribution < 1.29 is 31.1 Å². The van der Waals surface area contributed by atoms with Gasteiger partial charge >= 0.3 is 6.18 Å². The van der Waals surface area contributed by atoms with Crippen LogP contribution in [0.3, 0.4) is 0 Å². The van der Waals surface area contributed by atoms with Gasteiger partial charge in [-0.15, -0.1) is 11.6 Å². The molecule has 0 radical (unpaired) electrons. The second kappa shape index (κ2) is 14.3. The first kappa shape index (κ1) is 36.4. The van der Waals surface area contributed by atoms with E-state index in [2.05, 4.69) is 17.0 Å². The van der Waals surface area contributed by atoms with Crippen LogP contribution < -0.4 is 15.6 Å². The van der Waals surface area contributed by atoms with Gasteiger partial charge in [-0.25, -0.2) is 13.4 Å². The van der Waals surface area contributed by atoms with Crippen LogP contribution in [0.1, 0.15) is 69.0 Å². The molecule has 3 heterocycles. The van der Waals surface area contributed by atoms with E-state index in [0.29, 0.717) is 35.7 Å². The first-order valence-electron chi connectivity index (χ1n) is 17.1. The smallest absolute Gasteiger partial charge is 0.376 e. The number of rotatable bonds is 10. The number of ether oxygens (including phenoxy) is 1. The summed E-state index contributed by atoms with van der Waals surface area (Å²) in [6.07, 6.45) is 2.66. The van der Waals surface area contributed by atoms with E-state index in [9.17, 15) is 31.2 Å². The Morgan fingerprint density at radius 2 is 1.92 bits per heavy atom. The molecule has 2 saturated carbocycles. The van der Waals surface area contributed by atoms with Gasteiger partial charge in [0.2, 0.25) is 15.9 Å². The molecule has 0 aromatic carbocycles. The van der Waals surface area contributed by atoms with Crippen LogP contribution in [0.2, 0.25) is 0 Å². The van der Waals surface area contributed by atoms with Gasteiger partial charge in [0.15, 0.2) is 0 Å². The summed E-state index contributed by atoms with van der Waals surface area (Å²) in [4.78, 5) is 33.0. The number of piperidine rings is 1. The third-order valence-corrected chi connectivity index (χ3v) is 13.5. The van der Waals surface area contributed by atoms with Crippen molar-refractivity contribution in [2.75, 3.05) is 25.2 Å². The summed E-state index contributed by atoms with van der Waals surface area (Å²) < 4.78 is 74.1. The number of fused-ring (bicyclic) bond motifs is 2. The Kier molecular flexibility index (Phi) is 10.9. The van der Waals surface area contributed by atoms with Crippen molar-refractivity contribution in [1.82, 2.24) is 24.5 Å². The lowest BCUT2D eigenvalue weighted by Crippen LogP contribution is -2.58. The molecule has 9 atom stereocenters. The van der Waals surface area contributed by atoms with Gasteiger partial charge in [0.1, 0.15) is 5.82 Å². The van der Waals surface area contributed by atoms with Gasteiger partial charge in [-0.3, -0.25) is 23.8 Å². The molecule has 2 aliphatic heterocycles. The molecule has 8 unspecified atom stereocenters. The molecule has 10 nitrogen and oxygen atoms in total. The maximum atomic E-state index is 13.8. The largest absolute Gasteiger partial charge is 0.401 e. The summed E-state index contributed by atoms with van der Waals surface area (Å²) >= 11 is 8.44. The van der Waals surface area contributed by atoms with Crippen molar-refractivity contribution in [2.45, 2.75) is 125 Å². The van der Waals surface area contributed by atoms with Crippen LogP contribution >= 0.6 is 23.4 Å². The molecule has 4 fully saturated rings. The highest BCUT2D eigenvalue weighted by atomic mass is 35.5. The van der Waals surface area contributed by atoms with Crippen LogP contribution in [-0.4, -0.2) is 101 Å². The molecule has 3 aliphatic carbocycles. The maximum Gasteiger partial charge on any atom is 0.401 e. The minimum absolute atomic E-state index is 0.00410. The molecule has 0 bridgehead atoms. The number of sulfonamides is 1. The number of hydrogen-bond donors (Lipinski definition) is 2. The Balaban J connectivity index is 1.14. The summed E-state index contributed by atoms with van der Waals surface area (Å²) in [7, 11) is -3.67. The number of aryl methyl sites for hydroxylation is 2. The van der Waals surface area contributed by atoms with Crippen LogP contribution in [0.25, 0.3) is 0 Å². The molecule has 16 heteroatoms. The van der Waals surface area contributed by atoms with E-state index in [1.165, 1.54) is 0 Å². The van der Waals surface area contributed by atoms with Crippen LogP contribution in [0.4, 0.5) is 13.2 Å². The fourth-order valence-corrected chi connectivity index (χ4v) is 11.4. The molecule has 2 saturated heterocycles. The van der Waals surface area contributed by atoms with Crippen LogP contribution in [0.5, 0.6) is 0 Å². The average Bonchev–Trinajstić information content (AvgIpc) is 3.75. The second-order valence-electron chi connectivity index (χ2n) is 14.6. The quantitative estimate of drug-likeness (QED) is 0.348. The first-order valence-corrected chi connectivity index (χ1v) is 20.5. The lowest BCUT2D eigenvalue weighted by Gasteiger charge is -2.47. The van der Waals surface area contributed by atoms with Crippen molar-refractivity contribution in [1.29, 1.82) is 0 Å². The van der Waals surface area contributed by atoms with E-state index in [1.807, 2.05) is 0 Å². The zero-order valence-corrected chi connectivity index (χ0v) is 30.1. The van der Waals surface area contributed by atoms with Gasteiger partial charge in [-0.2, -0.15) is 24.9 Å². The maximum absolute atomic E-state index is 13.8. The van der Waals surface area contributed by atoms with Crippen molar-refractivity contribution in [3.05, 3.63) is 27.4 Å². The SMILES string of the molecule is Cc1nc2c(c(=O)n1CCOC1CCC(Cl)CC1C1CC(C)NC3C(C(=O)NS(C)(=O)=O)CSC13)C[C@H](N(CC(F)(F)F)C1CC1)CC2. The summed E-state index contributed by atoms with van der Waals surface area (Å²) in [5, 5.41) is 3.67. The first-order chi connectivity index (χ1) is 22.6. The Labute approximate surface area is 289 Å². The Bertz CT molecular complexity index is 1530. The molecule has 270 valence electrons. The zero-order valence-electron chi connectivity index (χ0n) is 27.7. The predicted molar refractivity (Wildman–Crippen MR) is 179 cm³/mol. The molecule has 1 aromatic heterocycles. The lowest BCUT2D eigenvalue weighted by molar-refractivity contribution is -0.153. The molecule has 1 amide bonds. The average molecular weight is 738 g/mol. The van der Waals surface area contributed by atoms with Crippen molar-refractivity contribution >= 4 is 39.3 Å². The molecule has 2 N–H and O–H groups in total. The number of aromatic nitrogens is 2. The zero-order chi connectivity index (χ0) is 34.5. The summed E-state index contributed by atoms with van der Waals surface area (Å²) in [6, 6.07) is -0.444. The fraction of sp³-hybridized carbons (Fsp3) is 0.844. The summed E-state index contributed by atoms with van der Waals surface area (Å²) in [5.41, 5.74) is 1.03. The topological polar surface area (TPSA) is 123 Å². The molecule has 1 aromatic rings. The van der Waals surface area contributed by atoms with E-state index in [0.717, 1.165) is 44.8 Å². The van der Waals surface area contributed by atoms with E-state index in [-0.39, 0.29) is 77.9 Å². The fourth-order valence-electron chi connectivity index (χ4n) is 8.71. The Morgan fingerprint density at radius 3 is 2.60 bits per heavy atom. The second-order valence-corrected chi connectivity index (χ2v) is 18.2. The molecule has 48 heavy (non-hydrogen) atoms. The Morgan fingerprint density at radius 1 is 1.17 bits per heavy atom. The van der Waals surface area contributed by atoms with E-state index >= 15 is 0 Å². The summed E-state index contributed by atoms with van der Waals surface area (Å²) in [6.45, 7) is 3.50. The molecular weight excluding hydrogens is 691 g/mol. The monoisotopic (exact) mass is 737 g/mol. The number of halogens is 4. The number of alkyl halides is 4. The number of amides is 1. The van der Waals surface area contributed by atoms with Crippen LogP contribution in [0.15, 0.2) is 4.79 Å². The number of carbonyl (C=O) groups is 1. The predicted octanol–water partition coefficient (Wildman–Crippen LogP) is 3.40. The van der Waals surface area contributed by atoms with Gasteiger partial charge in [0.25, 0.3) is 5.56 Å². The van der Waals surface area contributed by atoms with Gasteiger partial charge in [-0.05, 0) is 83.5 Å². The number of nitrogens with one attached hydrogen (secondary N) is 2. The molecule has 6 rings (SSSR count). The highest BCUT2D eigenvalue weighted by Crippen LogP contribution is 2.48. The van der Waals surface area contributed by atoms with Crippen molar-refractivity contribution in [2.24, 2.45) is 17.8 Å². The van der Waals surface area contributed by atoms with E-state index in [4.69, 9.17) is 21.3 Å². The van der Waals surface area contributed by atoms with Crippen LogP contribution in [-0.2, 0) is 38.9 Å².